The average Bonchev–Trinajstić information content (AvgIpc) is 3.20. The van der Waals surface area contributed by atoms with Crippen molar-refractivity contribution < 1.29 is 45.8 Å². The van der Waals surface area contributed by atoms with Gasteiger partial charge in [-0.15, -0.1) is 5.10 Å². The molecule has 0 aliphatic heterocycles. The molecule has 2 aromatic carbocycles. The highest BCUT2D eigenvalue weighted by molar-refractivity contribution is 6.30. The zero-order valence-electron chi connectivity index (χ0n) is 22.8. The van der Waals surface area contributed by atoms with Crippen LogP contribution in [-0.2, 0) is 33.6 Å². The number of aromatic nitrogens is 3. The summed E-state index contributed by atoms with van der Waals surface area (Å²) in [6, 6.07) is 6.85. The maximum absolute atomic E-state index is 13.4. The molecular formula is C26H25ClF6N6O5. The van der Waals surface area contributed by atoms with Gasteiger partial charge in [-0.25, -0.2) is 9.48 Å². The molecule has 0 aliphatic carbocycles. The van der Waals surface area contributed by atoms with Crippen LogP contribution in [0, 0.1) is 0 Å². The fourth-order valence-electron chi connectivity index (χ4n) is 3.78. The van der Waals surface area contributed by atoms with Crippen LogP contribution in [-0.4, -0.2) is 55.0 Å². The third kappa shape index (κ3) is 8.16. The van der Waals surface area contributed by atoms with Gasteiger partial charge in [-0.1, -0.05) is 23.7 Å². The van der Waals surface area contributed by atoms with Crippen molar-refractivity contribution in [2.75, 3.05) is 0 Å². The molecule has 0 bridgehead atoms. The Bertz CT molecular complexity index is 1600. The van der Waals surface area contributed by atoms with Crippen LogP contribution in [0.5, 0.6) is 0 Å². The fraction of sp³-hybridized carbons (Fsp3) is 0.346. The number of aliphatic hydroxyl groups is 1. The summed E-state index contributed by atoms with van der Waals surface area (Å²) in [4.78, 5) is 51.0. The summed E-state index contributed by atoms with van der Waals surface area (Å²) in [5.74, 6) is -3.70. The van der Waals surface area contributed by atoms with E-state index >= 15 is 0 Å². The third-order valence-electron chi connectivity index (χ3n) is 6.22. The molecule has 2 atom stereocenters. The molecule has 5 N–H and O–H groups in total. The summed E-state index contributed by atoms with van der Waals surface area (Å²) in [5, 5.41) is 18.2. The molecule has 3 aromatic rings. The molecule has 3 rings (SSSR count). The topological polar surface area (TPSA) is 161 Å². The number of nitrogens with two attached hydrogens (primary N) is 1. The highest BCUT2D eigenvalue weighted by Gasteiger charge is 2.40. The van der Waals surface area contributed by atoms with Crippen LogP contribution < -0.4 is 22.1 Å². The molecule has 0 aliphatic rings. The van der Waals surface area contributed by atoms with E-state index in [9.17, 15) is 50.6 Å². The van der Waals surface area contributed by atoms with Gasteiger partial charge in [0.2, 0.25) is 17.7 Å². The number of hydrogen-bond donors (Lipinski definition) is 4. The molecule has 1 unspecified atom stereocenters. The van der Waals surface area contributed by atoms with Crippen LogP contribution in [0.2, 0.25) is 5.02 Å². The number of aliphatic hydroxyl groups excluding tert-OH is 1. The largest absolute Gasteiger partial charge is 0.416 e. The lowest BCUT2D eigenvalue weighted by molar-refractivity contribution is -0.207. The second-order valence-corrected chi connectivity index (χ2v) is 10.5. The second kappa shape index (κ2) is 12.7. The number of nitrogens with one attached hydrogen (secondary N) is 2. The number of carbonyl (C=O) groups excluding carboxylic acids is 3. The summed E-state index contributed by atoms with van der Waals surface area (Å²) < 4.78 is 80.4. The highest BCUT2D eigenvalue weighted by atomic mass is 35.5. The molecule has 0 saturated heterocycles. The van der Waals surface area contributed by atoms with Gasteiger partial charge < -0.3 is 21.5 Å². The molecule has 1 heterocycles. The molecule has 238 valence electrons. The average molecular weight is 651 g/mol. The molecule has 3 amide bonds. The van der Waals surface area contributed by atoms with Gasteiger partial charge in [0.1, 0.15) is 18.1 Å². The Kier molecular flexibility index (Phi) is 9.84. The summed E-state index contributed by atoms with van der Waals surface area (Å²) >= 11 is 5.85. The van der Waals surface area contributed by atoms with E-state index in [-0.39, 0.29) is 22.0 Å². The summed E-state index contributed by atoms with van der Waals surface area (Å²) in [7, 11) is 0. The SMILES string of the molecule is CC(C)(NC(=O)C(NC(=O)Cn1nc(-c2ccc(Cl)cc2)n(C[C@H](O)C(F)(F)F)c1=O)c1cccc(C(F)(F)F)c1)C(N)=O. The normalized spacial score (nSPS) is 13.7. The Morgan fingerprint density at radius 1 is 1.05 bits per heavy atom. The predicted molar refractivity (Wildman–Crippen MR) is 143 cm³/mol. The van der Waals surface area contributed by atoms with Crippen molar-refractivity contribution in [1.29, 1.82) is 0 Å². The van der Waals surface area contributed by atoms with Gasteiger partial charge in [-0.2, -0.15) is 26.3 Å². The Labute approximate surface area is 249 Å². The van der Waals surface area contributed by atoms with Crippen LogP contribution in [0.4, 0.5) is 26.3 Å². The van der Waals surface area contributed by atoms with Crippen molar-refractivity contribution in [2.45, 2.75) is 57.0 Å². The monoisotopic (exact) mass is 650 g/mol. The van der Waals surface area contributed by atoms with Crippen molar-refractivity contribution >= 4 is 29.3 Å². The molecule has 11 nitrogen and oxygen atoms in total. The van der Waals surface area contributed by atoms with E-state index in [0.717, 1.165) is 12.1 Å². The first kappa shape index (κ1) is 34.1. The molecule has 18 heteroatoms. The molecule has 0 fully saturated rings. The second-order valence-electron chi connectivity index (χ2n) is 10.0. The summed E-state index contributed by atoms with van der Waals surface area (Å²) in [6.45, 7) is 0.103. The minimum atomic E-state index is -5.11. The van der Waals surface area contributed by atoms with Crippen LogP contribution in [0.3, 0.4) is 0 Å². The van der Waals surface area contributed by atoms with Gasteiger partial charge in [0.25, 0.3) is 0 Å². The number of amides is 3. The molecule has 1 aromatic heterocycles. The Morgan fingerprint density at radius 3 is 2.20 bits per heavy atom. The van der Waals surface area contributed by atoms with E-state index in [1.807, 2.05) is 0 Å². The van der Waals surface area contributed by atoms with Crippen molar-refractivity contribution in [3.8, 4) is 11.4 Å². The van der Waals surface area contributed by atoms with Crippen molar-refractivity contribution in [1.82, 2.24) is 25.0 Å². The van der Waals surface area contributed by atoms with Crippen molar-refractivity contribution in [2.24, 2.45) is 5.73 Å². The minimum absolute atomic E-state index is 0.0925. The van der Waals surface area contributed by atoms with Gasteiger partial charge in [0.15, 0.2) is 11.9 Å². The summed E-state index contributed by atoms with van der Waals surface area (Å²) in [6.07, 6.45) is -12.9. The van der Waals surface area contributed by atoms with Crippen LogP contribution in [0.1, 0.15) is 31.0 Å². The number of benzene rings is 2. The molecular weight excluding hydrogens is 626 g/mol. The van der Waals surface area contributed by atoms with E-state index in [0.29, 0.717) is 21.4 Å². The predicted octanol–water partition coefficient (Wildman–Crippen LogP) is 2.54. The zero-order chi connectivity index (χ0) is 33.2. The zero-order valence-corrected chi connectivity index (χ0v) is 23.6. The maximum atomic E-state index is 13.4. The molecule has 0 radical (unpaired) electrons. The first-order valence-electron chi connectivity index (χ1n) is 12.5. The van der Waals surface area contributed by atoms with Gasteiger partial charge in [0.05, 0.1) is 12.1 Å². The molecule has 44 heavy (non-hydrogen) atoms. The van der Waals surface area contributed by atoms with Crippen LogP contribution in [0.25, 0.3) is 11.4 Å². The smallest absolute Gasteiger partial charge is 0.382 e. The number of hydrogen-bond acceptors (Lipinski definition) is 6. The number of alkyl halides is 6. The standard InChI is InChI=1S/C26H25ClF6N6O5/c1-24(2,22(34)43)36-21(42)19(14-4-3-5-15(10-14)25(28,29)30)35-18(41)12-39-23(44)38(11-17(40)26(31,32)33)20(37-39)13-6-8-16(27)9-7-13/h3-10,17,19,40H,11-12H2,1-2H3,(H2,34,43)(H,35,41)(H,36,42)/t17-,19?/m0/s1. The van der Waals surface area contributed by atoms with E-state index < -0.39 is 72.1 Å². The van der Waals surface area contributed by atoms with E-state index in [1.165, 1.54) is 38.1 Å². The van der Waals surface area contributed by atoms with Crippen molar-refractivity contribution in [3.63, 3.8) is 0 Å². The number of halogens is 7. The van der Waals surface area contributed by atoms with E-state index in [2.05, 4.69) is 15.7 Å². The lowest BCUT2D eigenvalue weighted by atomic mass is 9.99. The lowest BCUT2D eigenvalue weighted by Crippen LogP contribution is -2.56. The molecule has 0 saturated carbocycles. The van der Waals surface area contributed by atoms with Gasteiger partial charge in [0, 0.05) is 10.6 Å². The Morgan fingerprint density at radius 2 is 1.66 bits per heavy atom. The third-order valence-corrected chi connectivity index (χ3v) is 6.47. The lowest BCUT2D eigenvalue weighted by Gasteiger charge is -2.27. The van der Waals surface area contributed by atoms with E-state index in [4.69, 9.17) is 17.3 Å². The maximum Gasteiger partial charge on any atom is 0.416 e. The Balaban J connectivity index is 2.01. The number of carbonyl (C=O) groups is 3. The first-order valence-corrected chi connectivity index (χ1v) is 12.9. The fourth-order valence-corrected chi connectivity index (χ4v) is 3.90. The van der Waals surface area contributed by atoms with Gasteiger partial charge >= 0.3 is 18.0 Å². The number of nitrogens with zero attached hydrogens (tertiary/aromatic N) is 3. The van der Waals surface area contributed by atoms with Crippen LogP contribution >= 0.6 is 11.6 Å². The number of primary amides is 1. The highest BCUT2D eigenvalue weighted by Crippen LogP contribution is 2.31. The van der Waals surface area contributed by atoms with Gasteiger partial charge in [-0.3, -0.25) is 19.0 Å². The van der Waals surface area contributed by atoms with E-state index in [1.54, 1.807) is 0 Å². The van der Waals surface area contributed by atoms with Crippen molar-refractivity contribution in [3.05, 3.63) is 75.2 Å². The quantitative estimate of drug-likeness (QED) is 0.247. The minimum Gasteiger partial charge on any atom is -0.382 e. The van der Waals surface area contributed by atoms with Crippen LogP contribution in [0.15, 0.2) is 53.3 Å². The number of rotatable bonds is 10. The summed E-state index contributed by atoms with van der Waals surface area (Å²) in [5.41, 5.74) is 0.859. The van der Waals surface area contributed by atoms with Gasteiger partial charge in [-0.05, 0) is 55.8 Å². The first-order chi connectivity index (χ1) is 20.2. The molecule has 0 spiro atoms. The Hall–Kier alpha value is -4.38.